The van der Waals surface area contributed by atoms with Crippen LogP contribution < -0.4 is 11.5 Å². The molecule has 0 amide bonds. The molecule has 0 aliphatic carbocycles. The van der Waals surface area contributed by atoms with Crippen molar-refractivity contribution >= 4 is 28.7 Å². The Balaban J connectivity index is 0.000000668. The Morgan fingerprint density at radius 3 is 2.00 bits per heavy atom. The predicted molar refractivity (Wildman–Crippen MR) is 127 cm³/mol. The highest BCUT2D eigenvalue weighted by atomic mass is 16.4. The molecule has 32 heavy (non-hydrogen) atoms. The van der Waals surface area contributed by atoms with Gasteiger partial charge in [-0.3, -0.25) is 15.6 Å². The Kier molecular flexibility index (Phi) is 6.34. The van der Waals surface area contributed by atoms with Crippen LogP contribution in [0.25, 0.3) is 33.5 Å². The average Bonchev–Trinajstić information content (AvgIpc) is 3.16. The first kappa shape index (κ1) is 22.2. The molecule has 4 rings (SSSR count). The quantitative estimate of drug-likeness (QED) is 0.214. The molecule has 0 fully saturated rings. The average molecular weight is 428 g/mol. The zero-order valence-electron chi connectivity index (χ0n) is 17.7. The van der Waals surface area contributed by atoms with Crippen LogP contribution in [0.4, 0.5) is 0 Å². The molecule has 162 valence electrons. The Morgan fingerprint density at radius 1 is 0.906 bits per heavy atom. The molecular formula is C24H24N6O2. The van der Waals surface area contributed by atoms with Crippen LogP contribution in [0, 0.1) is 17.7 Å². The second-order valence-electron chi connectivity index (χ2n) is 7.27. The van der Waals surface area contributed by atoms with Crippen LogP contribution in [-0.2, 0) is 4.79 Å². The molecule has 1 aromatic heterocycles. The summed E-state index contributed by atoms with van der Waals surface area (Å²) in [7, 11) is 0. The number of nitrogens with one attached hydrogen (secondary N) is 3. The number of rotatable bonds is 4. The van der Waals surface area contributed by atoms with E-state index in [-0.39, 0.29) is 11.7 Å². The molecule has 0 bridgehead atoms. The van der Waals surface area contributed by atoms with Gasteiger partial charge in [-0.2, -0.15) is 0 Å². The van der Waals surface area contributed by atoms with Crippen molar-refractivity contribution in [2.45, 2.75) is 13.8 Å². The third-order valence-electron chi connectivity index (χ3n) is 4.80. The van der Waals surface area contributed by atoms with Gasteiger partial charge >= 0.3 is 0 Å². The predicted octanol–water partition coefficient (Wildman–Crippen LogP) is 3.86. The van der Waals surface area contributed by atoms with Gasteiger partial charge in [0.15, 0.2) is 0 Å². The van der Waals surface area contributed by atoms with Crippen molar-refractivity contribution in [3.63, 3.8) is 0 Å². The lowest BCUT2D eigenvalue weighted by Crippen LogP contribution is -2.11. The number of amidine groups is 2. The number of nitrogen functional groups attached to an aromatic ring is 2. The Bertz CT molecular complexity index is 1320. The maximum Gasteiger partial charge on any atom is 0.300 e. The van der Waals surface area contributed by atoms with Gasteiger partial charge in [-0.15, -0.1) is 0 Å². The molecule has 0 saturated carbocycles. The number of aliphatic carboxylic acids is 1. The van der Waals surface area contributed by atoms with Gasteiger partial charge in [0.1, 0.15) is 17.5 Å². The number of imidazole rings is 1. The number of nitrogens with two attached hydrogens (primary N) is 2. The van der Waals surface area contributed by atoms with Crippen molar-refractivity contribution in [1.82, 2.24) is 9.97 Å². The van der Waals surface area contributed by atoms with Gasteiger partial charge in [0.25, 0.3) is 5.97 Å². The molecule has 0 radical (unpaired) electrons. The normalized spacial score (nSPS) is 10.3. The molecule has 0 aliphatic heterocycles. The summed E-state index contributed by atoms with van der Waals surface area (Å²) in [6.07, 6.45) is 0. The van der Waals surface area contributed by atoms with E-state index < -0.39 is 5.97 Å². The molecule has 8 N–H and O–H groups in total. The number of carboxylic acid groups (broad SMARTS) is 1. The maximum absolute atomic E-state index is 9.00. The zero-order valence-corrected chi connectivity index (χ0v) is 17.7. The van der Waals surface area contributed by atoms with E-state index in [1.807, 2.05) is 49.4 Å². The van der Waals surface area contributed by atoms with Gasteiger partial charge in [-0.1, -0.05) is 36.4 Å². The largest absolute Gasteiger partial charge is 0.481 e. The van der Waals surface area contributed by atoms with Crippen molar-refractivity contribution in [3.05, 3.63) is 77.4 Å². The summed E-state index contributed by atoms with van der Waals surface area (Å²) in [5.41, 5.74) is 18.4. The summed E-state index contributed by atoms with van der Waals surface area (Å²) in [4.78, 5) is 16.9. The number of carboxylic acids is 1. The fourth-order valence-electron chi connectivity index (χ4n) is 3.28. The van der Waals surface area contributed by atoms with Gasteiger partial charge in [0, 0.05) is 23.6 Å². The van der Waals surface area contributed by atoms with E-state index in [4.69, 9.17) is 32.2 Å². The summed E-state index contributed by atoms with van der Waals surface area (Å²) >= 11 is 0. The number of benzene rings is 3. The molecule has 0 atom stereocenters. The number of carbonyl (C=O) groups is 1. The van der Waals surface area contributed by atoms with E-state index >= 15 is 0 Å². The fourth-order valence-corrected chi connectivity index (χ4v) is 3.28. The highest BCUT2D eigenvalue weighted by Gasteiger charge is 2.09. The first-order valence-electron chi connectivity index (χ1n) is 9.75. The number of nitrogens with zero attached hydrogens (tertiary/aromatic N) is 1. The van der Waals surface area contributed by atoms with Crippen LogP contribution in [0.5, 0.6) is 0 Å². The lowest BCUT2D eigenvalue weighted by atomic mass is 9.97. The molecule has 0 aliphatic rings. The van der Waals surface area contributed by atoms with Gasteiger partial charge in [0.2, 0.25) is 0 Å². The van der Waals surface area contributed by atoms with Crippen LogP contribution in [-0.4, -0.2) is 32.7 Å². The smallest absolute Gasteiger partial charge is 0.300 e. The summed E-state index contributed by atoms with van der Waals surface area (Å²) in [5, 5.41) is 22.5. The third kappa shape index (κ3) is 4.99. The standard InChI is InChI=1S/C22H20N6.C2H4O2/c1-12-10-15(20(23)24)6-8-17(12)13-2-4-14(5-3-13)22-27-18-9-7-16(21(25)26)11-19(18)28-22;1-2(3)4/h2-11H,1H3,(H3,23,24)(H3,25,26)(H,27,28);1H3,(H,3,4). The zero-order chi connectivity index (χ0) is 23.4. The molecule has 0 spiro atoms. The molecule has 0 unspecified atom stereocenters. The first-order chi connectivity index (χ1) is 15.2. The molecule has 1 heterocycles. The van der Waals surface area contributed by atoms with Gasteiger partial charge in [0.05, 0.1) is 11.0 Å². The lowest BCUT2D eigenvalue weighted by molar-refractivity contribution is -0.134. The van der Waals surface area contributed by atoms with Gasteiger partial charge in [-0.05, 0) is 47.9 Å². The van der Waals surface area contributed by atoms with E-state index in [1.54, 1.807) is 6.07 Å². The monoisotopic (exact) mass is 428 g/mol. The number of H-pyrrole nitrogens is 1. The summed E-state index contributed by atoms with van der Waals surface area (Å²) in [5.74, 6) is 0.0438. The van der Waals surface area contributed by atoms with Crippen LogP contribution in [0.15, 0.2) is 60.7 Å². The van der Waals surface area contributed by atoms with Crippen molar-refractivity contribution < 1.29 is 9.90 Å². The van der Waals surface area contributed by atoms with Gasteiger partial charge < -0.3 is 21.6 Å². The van der Waals surface area contributed by atoms with Crippen LogP contribution in [0.3, 0.4) is 0 Å². The number of aryl methyl sites for hydroxylation is 1. The van der Waals surface area contributed by atoms with Crippen LogP contribution >= 0.6 is 0 Å². The van der Waals surface area contributed by atoms with E-state index in [9.17, 15) is 0 Å². The minimum Gasteiger partial charge on any atom is -0.481 e. The van der Waals surface area contributed by atoms with Crippen LogP contribution in [0.1, 0.15) is 23.6 Å². The van der Waals surface area contributed by atoms with Crippen molar-refractivity contribution in [1.29, 1.82) is 10.8 Å². The van der Waals surface area contributed by atoms with Crippen molar-refractivity contribution in [2.24, 2.45) is 11.5 Å². The number of fused-ring (bicyclic) bond motifs is 1. The van der Waals surface area contributed by atoms with Crippen molar-refractivity contribution in [2.75, 3.05) is 0 Å². The highest BCUT2D eigenvalue weighted by Crippen LogP contribution is 2.28. The fraction of sp³-hybridized carbons (Fsp3) is 0.0833. The van der Waals surface area contributed by atoms with Gasteiger partial charge in [-0.25, -0.2) is 4.98 Å². The number of aromatic nitrogens is 2. The molecule has 0 saturated heterocycles. The van der Waals surface area contributed by atoms with E-state index in [1.165, 1.54) is 0 Å². The number of hydrogen-bond acceptors (Lipinski definition) is 4. The minimum atomic E-state index is -0.833. The van der Waals surface area contributed by atoms with Crippen molar-refractivity contribution in [3.8, 4) is 22.5 Å². The topological polar surface area (TPSA) is 166 Å². The minimum absolute atomic E-state index is 0.0357. The van der Waals surface area contributed by atoms with E-state index in [0.29, 0.717) is 5.56 Å². The first-order valence-corrected chi connectivity index (χ1v) is 9.75. The Morgan fingerprint density at radius 2 is 1.44 bits per heavy atom. The number of hydrogen-bond donors (Lipinski definition) is 6. The number of aromatic amines is 1. The third-order valence-corrected chi connectivity index (χ3v) is 4.80. The molecule has 8 heteroatoms. The maximum atomic E-state index is 9.00. The highest BCUT2D eigenvalue weighted by molar-refractivity contribution is 5.98. The molecule has 4 aromatic rings. The molecule has 3 aromatic carbocycles. The van der Waals surface area contributed by atoms with E-state index in [2.05, 4.69) is 22.1 Å². The van der Waals surface area contributed by atoms with Crippen LogP contribution in [0.2, 0.25) is 0 Å². The lowest BCUT2D eigenvalue weighted by Gasteiger charge is -2.09. The molecular weight excluding hydrogens is 404 g/mol. The summed E-state index contributed by atoms with van der Waals surface area (Å²) < 4.78 is 0. The second kappa shape index (κ2) is 9.13. The van der Waals surface area contributed by atoms with E-state index in [0.717, 1.165) is 51.6 Å². The SMILES string of the molecule is CC(=O)O.Cc1cc(C(=N)N)ccc1-c1ccc(-c2nc3ccc(C(=N)N)cc3[nH]2)cc1. The molecule has 8 nitrogen and oxygen atoms in total. The summed E-state index contributed by atoms with van der Waals surface area (Å²) in [6, 6.07) is 19.4. The second-order valence-corrected chi connectivity index (χ2v) is 7.27. The Labute approximate surface area is 184 Å². The Hall–Kier alpha value is -4.46. The summed E-state index contributed by atoms with van der Waals surface area (Å²) in [6.45, 7) is 3.10.